The third kappa shape index (κ3) is 2.67. The van der Waals surface area contributed by atoms with E-state index in [0.717, 1.165) is 18.8 Å². The molecule has 0 saturated heterocycles. The quantitative estimate of drug-likeness (QED) is 0.845. The van der Waals surface area contributed by atoms with Gasteiger partial charge in [0.2, 0.25) is 0 Å². The van der Waals surface area contributed by atoms with Crippen LogP contribution in [0.3, 0.4) is 0 Å². The number of hydrogen-bond donors (Lipinski definition) is 1. The van der Waals surface area contributed by atoms with Gasteiger partial charge in [-0.05, 0) is 35.1 Å². The topological polar surface area (TPSA) is 20.2 Å². The summed E-state index contributed by atoms with van der Waals surface area (Å²) in [6, 6.07) is 14.9. The first-order valence-corrected chi connectivity index (χ1v) is 6.47. The van der Waals surface area contributed by atoms with Gasteiger partial charge in [-0.3, -0.25) is 0 Å². The summed E-state index contributed by atoms with van der Waals surface area (Å²) in [6.07, 6.45) is 4.24. The fourth-order valence-corrected chi connectivity index (χ4v) is 2.46. The second-order valence-electron chi connectivity index (χ2n) is 5.22. The molecule has 1 unspecified atom stereocenters. The van der Waals surface area contributed by atoms with Crippen LogP contribution < -0.4 is 0 Å². The molecule has 1 atom stereocenters. The zero-order valence-electron chi connectivity index (χ0n) is 9.97. The second-order valence-corrected chi connectivity index (χ2v) is 5.22. The minimum Gasteiger partial charge on any atom is -0.393 e. The molecular formula is C16H18O. The molecule has 1 aliphatic carbocycles. The Morgan fingerprint density at radius 2 is 1.82 bits per heavy atom. The standard InChI is InChI=1S/C16H18O/c17-16(10-12-5-6-12)11-13-7-8-14-3-1-2-4-15(14)9-13/h1-4,7-9,12,16-17H,5-6,10-11H2. The van der Waals surface area contributed by atoms with Gasteiger partial charge in [-0.1, -0.05) is 55.3 Å². The van der Waals surface area contributed by atoms with Crippen molar-refractivity contribution in [3.63, 3.8) is 0 Å². The molecule has 0 radical (unpaired) electrons. The zero-order chi connectivity index (χ0) is 11.7. The normalized spacial score (nSPS) is 17.2. The van der Waals surface area contributed by atoms with Crippen LogP contribution in [0.1, 0.15) is 24.8 Å². The number of benzene rings is 2. The lowest BCUT2D eigenvalue weighted by Crippen LogP contribution is -2.11. The Bertz CT molecular complexity index is 514. The van der Waals surface area contributed by atoms with Crippen molar-refractivity contribution in [1.82, 2.24) is 0 Å². The molecule has 2 aromatic rings. The summed E-state index contributed by atoms with van der Waals surface area (Å²) >= 11 is 0. The van der Waals surface area contributed by atoms with Crippen LogP contribution in [-0.2, 0) is 6.42 Å². The molecule has 88 valence electrons. The second kappa shape index (κ2) is 4.50. The lowest BCUT2D eigenvalue weighted by Gasteiger charge is -2.10. The third-order valence-corrected chi connectivity index (χ3v) is 3.59. The molecule has 1 fully saturated rings. The van der Waals surface area contributed by atoms with E-state index in [0.29, 0.717) is 0 Å². The van der Waals surface area contributed by atoms with Crippen LogP contribution in [-0.4, -0.2) is 11.2 Å². The highest BCUT2D eigenvalue weighted by atomic mass is 16.3. The average molecular weight is 226 g/mol. The number of aliphatic hydroxyl groups excluding tert-OH is 1. The maximum absolute atomic E-state index is 9.99. The van der Waals surface area contributed by atoms with Gasteiger partial charge in [-0.15, -0.1) is 0 Å². The van der Waals surface area contributed by atoms with Crippen LogP contribution in [0.5, 0.6) is 0 Å². The van der Waals surface area contributed by atoms with Crippen molar-refractivity contribution in [2.45, 2.75) is 31.8 Å². The predicted molar refractivity (Wildman–Crippen MR) is 71.0 cm³/mol. The summed E-state index contributed by atoms with van der Waals surface area (Å²) < 4.78 is 0. The first-order valence-electron chi connectivity index (χ1n) is 6.47. The summed E-state index contributed by atoms with van der Waals surface area (Å²) in [5.41, 5.74) is 1.25. The predicted octanol–water partition coefficient (Wildman–Crippen LogP) is 3.54. The Balaban J connectivity index is 1.75. The van der Waals surface area contributed by atoms with Gasteiger partial charge in [0.1, 0.15) is 0 Å². The Kier molecular flexibility index (Phi) is 2.86. The van der Waals surface area contributed by atoms with Gasteiger partial charge in [0.05, 0.1) is 6.10 Å². The molecule has 3 rings (SSSR count). The summed E-state index contributed by atoms with van der Waals surface area (Å²) in [5, 5.41) is 12.5. The minimum absolute atomic E-state index is 0.163. The summed E-state index contributed by atoms with van der Waals surface area (Å²) in [5.74, 6) is 0.797. The highest BCUT2D eigenvalue weighted by Crippen LogP contribution is 2.34. The van der Waals surface area contributed by atoms with Crippen molar-refractivity contribution < 1.29 is 5.11 Å². The molecule has 0 aliphatic heterocycles. The average Bonchev–Trinajstić information content (AvgIpc) is 3.12. The maximum atomic E-state index is 9.99. The number of fused-ring (bicyclic) bond motifs is 1. The van der Waals surface area contributed by atoms with E-state index in [1.807, 2.05) is 0 Å². The van der Waals surface area contributed by atoms with Crippen molar-refractivity contribution in [3.8, 4) is 0 Å². The Morgan fingerprint density at radius 1 is 1.06 bits per heavy atom. The van der Waals surface area contributed by atoms with Crippen LogP contribution in [0, 0.1) is 5.92 Å². The van der Waals surface area contributed by atoms with Crippen LogP contribution >= 0.6 is 0 Å². The number of hydrogen-bond acceptors (Lipinski definition) is 1. The zero-order valence-corrected chi connectivity index (χ0v) is 9.97. The van der Waals surface area contributed by atoms with Crippen molar-refractivity contribution in [3.05, 3.63) is 48.0 Å². The molecule has 2 aromatic carbocycles. The SMILES string of the molecule is OC(Cc1ccc2ccccc2c1)CC1CC1. The Morgan fingerprint density at radius 3 is 2.59 bits per heavy atom. The van der Waals surface area contributed by atoms with E-state index in [1.165, 1.54) is 29.2 Å². The first-order chi connectivity index (χ1) is 8.31. The van der Waals surface area contributed by atoms with Crippen LogP contribution in [0.25, 0.3) is 10.8 Å². The van der Waals surface area contributed by atoms with E-state index in [2.05, 4.69) is 42.5 Å². The lowest BCUT2D eigenvalue weighted by molar-refractivity contribution is 0.158. The molecular weight excluding hydrogens is 208 g/mol. The van der Waals surface area contributed by atoms with E-state index in [-0.39, 0.29) is 6.10 Å². The van der Waals surface area contributed by atoms with Gasteiger partial charge in [0.15, 0.2) is 0 Å². The van der Waals surface area contributed by atoms with E-state index in [1.54, 1.807) is 0 Å². The number of rotatable bonds is 4. The van der Waals surface area contributed by atoms with Crippen LogP contribution in [0.2, 0.25) is 0 Å². The third-order valence-electron chi connectivity index (χ3n) is 3.59. The Hall–Kier alpha value is -1.34. The monoisotopic (exact) mass is 226 g/mol. The highest BCUT2D eigenvalue weighted by molar-refractivity contribution is 5.82. The smallest absolute Gasteiger partial charge is 0.0583 e. The molecule has 1 aliphatic rings. The Labute approximate surface area is 102 Å². The van der Waals surface area contributed by atoms with Crippen molar-refractivity contribution in [2.24, 2.45) is 5.92 Å². The number of aliphatic hydroxyl groups is 1. The van der Waals surface area contributed by atoms with Gasteiger partial charge in [-0.2, -0.15) is 0 Å². The fraction of sp³-hybridized carbons (Fsp3) is 0.375. The maximum Gasteiger partial charge on any atom is 0.0583 e. The summed E-state index contributed by atoms with van der Waals surface area (Å²) in [7, 11) is 0. The first kappa shape index (κ1) is 10.8. The molecule has 0 aromatic heterocycles. The molecule has 0 bridgehead atoms. The molecule has 0 amide bonds. The van der Waals surface area contributed by atoms with Crippen molar-refractivity contribution >= 4 is 10.8 Å². The summed E-state index contributed by atoms with van der Waals surface area (Å²) in [6.45, 7) is 0. The van der Waals surface area contributed by atoms with Gasteiger partial charge < -0.3 is 5.11 Å². The van der Waals surface area contributed by atoms with E-state index < -0.39 is 0 Å². The molecule has 1 heteroatoms. The van der Waals surface area contributed by atoms with E-state index >= 15 is 0 Å². The molecule has 0 spiro atoms. The van der Waals surface area contributed by atoms with Crippen LogP contribution in [0.15, 0.2) is 42.5 Å². The van der Waals surface area contributed by atoms with Crippen molar-refractivity contribution in [1.29, 1.82) is 0 Å². The molecule has 1 nitrogen and oxygen atoms in total. The van der Waals surface area contributed by atoms with Gasteiger partial charge in [-0.25, -0.2) is 0 Å². The highest BCUT2D eigenvalue weighted by Gasteiger charge is 2.24. The minimum atomic E-state index is -0.163. The van der Waals surface area contributed by atoms with Gasteiger partial charge >= 0.3 is 0 Å². The van der Waals surface area contributed by atoms with Gasteiger partial charge in [0, 0.05) is 0 Å². The largest absolute Gasteiger partial charge is 0.393 e. The lowest BCUT2D eigenvalue weighted by atomic mass is 10.0. The fourth-order valence-electron chi connectivity index (χ4n) is 2.46. The van der Waals surface area contributed by atoms with E-state index in [9.17, 15) is 5.11 Å². The molecule has 1 saturated carbocycles. The van der Waals surface area contributed by atoms with Gasteiger partial charge in [0.25, 0.3) is 0 Å². The van der Waals surface area contributed by atoms with Crippen molar-refractivity contribution in [2.75, 3.05) is 0 Å². The van der Waals surface area contributed by atoms with Crippen LogP contribution in [0.4, 0.5) is 0 Å². The molecule has 0 heterocycles. The molecule has 17 heavy (non-hydrogen) atoms. The summed E-state index contributed by atoms with van der Waals surface area (Å²) in [4.78, 5) is 0. The molecule has 1 N–H and O–H groups in total. The van der Waals surface area contributed by atoms with E-state index in [4.69, 9.17) is 0 Å².